The quantitative estimate of drug-likeness (QED) is 0.650. The molecule has 0 aliphatic heterocycles. The van der Waals surface area contributed by atoms with Crippen LogP contribution in [0.3, 0.4) is 0 Å². The highest BCUT2D eigenvalue weighted by Gasteiger charge is 2.13. The fraction of sp³-hybridized carbons (Fsp3) is 0.308. The van der Waals surface area contributed by atoms with Crippen molar-refractivity contribution in [2.24, 2.45) is 0 Å². The number of nitrogens with one attached hydrogen (secondary N) is 1. The molecule has 0 saturated carbocycles. The molecule has 10 nitrogen and oxygen atoms in total. The Kier molecular flexibility index (Phi) is 3.89. The van der Waals surface area contributed by atoms with Crippen molar-refractivity contribution >= 4 is 22.8 Å². The van der Waals surface area contributed by atoms with Crippen molar-refractivity contribution in [3.05, 3.63) is 34.7 Å². The molecule has 0 bridgehead atoms. The number of nitrogens with zero attached hydrogens (tertiary/aromatic N) is 5. The van der Waals surface area contributed by atoms with Gasteiger partial charge in [0.05, 0.1) is 19.3 Å². The Morgan fingerprint density at radius 3 is 3.00 bits per heavy atom. The van der Waals surface area contributed by atoms with Crippen LogP contribution in [-0.4, -0.2) is 42.1 Å². The molecular weight excluding hydrogens is 304 g/mol. The number of rotatable bonds is 5. The smallest absolute Gasteiger partial charge is 0.264 e. The van der Waals surface area contributed by atoms with E-state index in [1.54, 1.807) is 13.0 Å². The van der Waals surface area contributed by atoms with Crippen LogP contribution >= 0.6 is 0 Å². The van der Waals surface area contributed by atoms with Crippen LogP contribution in [-0.2, 0) is 17.9 Å². The maximum absolute atomic E-state index is 12.3. The van der Waals surface area contributed by atoms with Gasteiger partial charge >= 0.3 is 0 Å². The van der Waals surface area contributed by atoms with Gasteiger partial charge in [-0.25, -0.2) is 9.67 Å². The number of carbonyl (C=O) groups is 1. The van der Waals surface area contributed by atoms with Crippen LogP contribution < -0.4 is 10.9 Å². The minimum absolute atomic E-state index is 0.110. The summed E-state index contributed by atoms with van der Waals surface area (Å²) in [6.45, 7) is 1.63. The van der Waals surface area contributed by atoms with E-state index in [4.69, 9.17) is 9.63 Å². The molecule has 3 rings (SSSR count). The number of aliphatic hydroxyl groups excluding tert-OH is 1. The summed E-state index contributed by atoms with van der Waals surface area (Å²) in [4.78, 5) is 28.4. The molecule has 0 atom stereocenters. The largest absolute Gasteiger partial charge is 0.394 e. The molecule has 0 radical (unpaired) electrons. The van der Waals surface area contributed by atoms with Crippen molar-refractivity contribution in [3.63, 3.8) is 0 Å². The first kappa shape index (κ1) is 14.9. The molecule has 2 N–H and O–H groups in total. The number of carbonyl (C=O) groups excluding carboxylic acids is 1. The third-order valence-electron chi connectivity index (χ3n) is 3.14. The van der Waals surface area contributed by atoms with Gasteiger partial charge in [-0.05, 0) is 6.92 Å². The predicted octanol–water partition coefficient (Wildman–Crippen LogP) is -0.480. The number of aromatic nitrogens is 5. The van der Waals surface area contributed by atoms with E-state index in [1.807, 2.05) is 0 Å². The van der Waals surface area contributed by atoms with E-state index < -0.39 is 5.91 Å². The molecule has 3 aromatic heterocycles. The Labute approximate surface area is 129 Å². The van der Waals surface area contributed by atoms with E-state index in [1.165, 1.54) is 21.8 Å². The fourth-order valence-corrected chi connectivity index (χ4v) is 2.13. The lowest BCUT2D eigenvalue weighted by Crippen LogP contribution is -2.28. The zero-order valence-corrected chi connectivity index (χ0v) is 12.3. The molecule has 3 heterocycles. The monoisotopic (exact) mass is 318 g/mol. The third-order valence-corrected chi connectivity index (χ3v) is 3.14. The van der Waals surface area contributed by atoms with Crippen LogP contribution in [0.2, 0.25) is 0 Å². The van der Waals surface area contributed by atoms with Gasteiger partial charge < -0.3 is 14.9 Å². The van der Waals surface area contributed by atoms with Crippen molar-refractivity contribution in [2.75, 3.05) is 11.9 Å². The SMILES string of the molecule is Cc1cc(NC(=O)Cn2cnc3c(cnn3CCO)c2=O)no1. The minimum Gasteiger partial charge on any atom is -0.394 e. The maximum atomic E-state index is 12.3. The van der Waals surface area contributed by atoms with Crippen LogP contribution in [0.25, 0.3) is 11.0 Å². The van der Waals surface area contributed by atoms with Crippen LogP contribution in [0, 0.1) is 6.92 Å². The van der Waals surface area contributed by atoms with Gasteiger partial charge in [-0.1, -0.05) is 5.16 Å². The predicted molar refractivity (Wildman–Crippen MR) is 78.7 cm³/mol. The highest BCUT2D eigenvalue weighted by Crippen LogP contribution is 2.08. The minimum atomic E-state index is -0.427. The second-order valence-corrected chi connectivity index (χ2v) is 4.88. The van der Waals surface area contributed by atoms with E-state index in [-0.39, 0.29) is 36.5 Å². The van der Waals surface area contributed by atoms with Crippen molar-refractivity contribution in [1.82, 2.24) is 24.5 Å². The number of amides is 1. The molecule has 10 heteroatoms. The molecule has 1 amide bonds. The number of hydrogen-bond donors (Lipinski definition) is 2. The molecule has 23 heavy (non-hydrogen) atoms. The topological polar surface area (TPSA) is 128 Å². The molecule has 3 aromatic rings. The lowest BCUT2D eigenvalue weighted by molar-refractivity contribution is -0.116. The van der Waals surface area contributed by atoms with Gasteiger partial charge in [-0.3, -0.25) is 14.2 Å². The summed E-state index contributed by atoms with van der Waals surface area (Å²) in [6, 6.07) is 1.57. The van der Waals surface area contributed by atoms with Crippen molar-refractivity contribution in [2.45, 2.75) is 20.0 Å². The summed E-state index contributed by atoms with van der Waals surface area (Å²) in [5.41, 5.74) is -0.0153. The Bertz CT molecular complexity index is 909. The molecule has 0 saturated heterocycles. The van der Waals surface area contributed by atoms with Crippen LogP contribution in [0.1, 0.15) is 5.76 Å². The average molecular weight is 318 g/mol. The van der Waals surface area contributed by atoms with Gasteiger partial charge in [-0.2, -0.15) is 5.10 Å². The van der Waals surface area contributed by atoms with Gasteiger partial charge in [0.1, 0.15) is 24.0 Å². The summed E-state index contributed by atoms with van der Waals surface area (Å²) >= 11 is 0. The van der Waals surface area contributed by atoms with Gasteiger partial charge in [0.2, 0.25) is 5.91 Å². The number of anilines is 1. The molecule has 0 unspecified atom stereocenters. The van der Waals surface area contributed by atoms with Gasteiger partial charge in [0.15, 0.2) is 11.5 Å². The Morgan fingerprint density at radius 2 is 2.30 bits per heavy atom. The van der Waals surface area contributed by atoms with Crippen molar-refractivity contribution < 1.29 is 14.4 Å². The normalized spacial score (nSPS) is 11.0. The number of fused-ring (bicyclic) bond motifs is 1. The van der Waals surface area contributed by atoms with Crippen molar-refractivity contribution in [3.8, 4) is 0 Å². The second kappa shape index (κ2) is 6.01. The van der Waals surface area contributed by atoms with Gasteiger partial charge in [0, 0.05) is 6.07 Å². The molecule has 0 aliphatic rings. The summed E-state index contributed by atoms with van der Waals surface area (Å²) in [6.07, 6.45) is 2.64. The second-order valence-electron chi connectivity index (χ2n) is 4.88. The highest BCUT2D eigenvalue weighted by atomic mass is 16.5. The standard InChI is InChI=1S/C13H14N6O4/c1-8-4-10(17-23-8)16-11(21)6-18-7-14-12-9(13(18)22)5-15-19(12)2-3-20/h4-5,7,20H,2-3,6H2,1H3,(H,16,17,21). The number of hydrogen-bond acceptors (Lipinski definition) is 7. The first-order valence-electron chi connectivity index (χ1n) is 6.83. The van der Waals surface area contributed by atoms with Crippen molar-refractivity contribution in [1.29, 1.82) is 0 Å². The Hall–Kier alpha value is -3.01. The number of aliphatic hydroxyl groups is 1. The summed E-state index contributed by atoms with van der Waals surface area (Å²) < 4.78 is 7.45. The summed E-state index contributed by atoms with van der Waals surface area (Å²) in [5.74, 6) is 0.423. The summed E-state index contributed by atoms with van der Waals surface area (Å²) in [7, 11) is 0. The van der Waals surface area contributed by atoms with E-state index in [0.29, 0.717) is 11.4 Å². The Morgan fingerprint density at radius 1 is 1.48 bits per heavy atom. The van der Waals surface area contributed by atoms with Gasteiger partial charge in [-0.15, -0.1) is 0 Å². The fourth-order valence-electron chi connectivity index (χ4n) is 2.13. The first-order valence-corrected chi connectivity index (χ1v) is 6.83. The maximum Gasteiger partial charge on any atom is 0.264 e. The number of aryl methyl sites for hydroxylation is 1. The van der Waals surface area contributed by atoms with E-state index >= 15 is 0 Å². The molecule has 0 aliphatic carbocycles. The lowest BCUT2D eigenvalue weighted by Gasteiger charge is -2.05. The van der Waals surface area contributed by atoms with Crippen LogP contribution in [0.5, 0.6) is 0 Å². The molecule has 0 fully saturated rings. The third kappa shape index (κ3) is 2.97. The molecule has 0 aromatic carbocycles. The highest BCUT2D eigenvalue weighted by molar-refractivity contribution is 5.89. The molecular formula is C13H14N6O4. The van der Waals surface area contributed by atoms with Crippen LogP contribution in [0.15, 0.2) is 27.9 Å². The average Bonchev–Trinajstić information content (AvgIpc) is 3.10. The van der Waals surface area contributed by atoms with E-state index in [9.17, 15) is 9.59 Å². The zero-order chi connectivity index (χ0) is 16.4. The van der Waals surface area contributed by atoms with E-state index in [0.717, 1.165) is 0 Å². The first-order chi connectivity index (χ1) is 11.1. The lowest BCUT2D eigenvalue weighted by atomic mass is 10.4. The zero-order valence-electron chi connectivity index (χ0n) is 12.3. The summed E-state index contributed by atoms with van der Waals surface area (Å²) in [5, 5.41) is 19.4. The van der Waals surface area contributed by atoms with E-state index in [2.05, 4.69) is 20.6 Å². The van der Waals surface area contributed by atoms with Gasteiger partial charge in [0.25, 0.3) is 5.56 Å². The van der Waals surface area contributed by atoms with Crippen LogP contribution in [0.4, 0.5) is 5.82 Å². The molecule has 0 spiro atoms. The molecule has 120 valence electrons. The Balaban J connectivity index is 1.81.